The van der Waals surface area contributed by atoms with Crippen molar-refractivity contribution in [1.82, 2.24) is 20.1 Å². The molecule has 0 saturated heterocycles. The molecule has 1 fully saturated rings. The van der Waals surface area contributed by atoms with E-state index in [0.717, 1.165) is 23.8 Å². The summed E-state index contributed by atoms with van der Waals surface area (Å²) in [5.74, 6) is 1.34. The maximum atomic E-state index is 12.1. The van der Waals surface area contributed by atoms with E-state index >= 15 is 0 Å². The highest BCUT2D eigenvalue weighted by molar-refractivity contribution is 7.99. The summed E-state index contributed by atoms with van der Waals surface area (Å²) in [6.07, 6.45) is 9.09. The van der Waals surface area contributed by atoms with Gasteiger partial charge in [-0.25, -0.2) is 0 Å². The Hall–Kier alpha value is -1.30. The van der Waals surface area contributed by atoms with Gasteiger partial charge in [0.25, 0.3) is 0 Å². The van der Waals surface area contributed by atoms with Crippen molar-refractivity contribution in [3.63, 3.8) is 0 Å². The number of hydrogen-bond acceptors (Lipinski definition) is 4. The lowest BCUT2D eigenvalue weighted by molar-refractivity contribution is -0.119. The van der Waals surface area contributed by atoms with E-state index in [1.54, 1.807) is 0 Å². The van der Waals surface area contributed by atoms with Crippen molar-refractivity contribution in [2.45, 2.75) is 63.2 Å². The molecule has 0 aliphatic heterocycles. The second kappa shape index (κ2) is 8.22. The summed E-state index contributed by atoms with van der Waals surface area (Å²) in [6.45, 7) is 6.32. The highest BCUT2D eigenvalue weighted by Gasteiger charge is 2.16. The Kier molecular flexibility index (Phi) is 6.29. The van der Waals surface area contributed by atoms with Crippen molar-refractivity contribution in [3.05, 3.63) is 18.5 Å². The molecular weight excluding hydrogens is 284 g/mol. The molecule has 0 bridgehead atoms. The third-order valence-electron chi connectivity index (χ3n) is 3.77. The highest BCUT2D eigenvalue weighted by atomic mass is 32.2. The Balaban J connectivity index is 1.82. The molecule has 21 heavy (non-hydrogen) atoms. The predicted molar refractivity (Wildman–Crippen MR) is 85.3 cm³/mol. The Morgan fingerprint density at radius 1 is 1.38 bits per heavy atom. The van der Waals surface area contributed by atoms with E-state index in [4.69, 9.17) is 0 Å². The highest BCUT2D eigenvalue weighted by Crippen LogP contribution is 2.19. The molecule has 6 heteroatoms. The first-order valence-corrected chi connectivity index (χ1v) is 8.62. The number of nitrogens with one attached hydrogen (secondary N) is 1. The number of carbonyl (C=O) groups is 1. The molecule has 1 heterocycles. The van der Waals surface area contributed by atoms with E-state index in [9.17, 15) is 4.79 Å². The van der Waals surface area contributed by atoms with Gasteiger partial charge in [0.05, 0.1) is 5.75 Å². The summed E-state index contributed by atoms with van der Waals surface area (Å²) in [6, 6.07) is 0.355. The number of amides is 1. The Morgan fingerprint density at radius 3 is 2.76 bits per heavy atom. The van der Waals surface area contributed by atoms with Gasteiger partial charge in [-0.3, -0.25) is 4.79 Å². The van der Waals surface area contributed by atoms with Crippen LogP contribution in [0.4, 0.5) is 0 Å². The maximum Gasteiger partial charge on any atom is 0.230 e. The molecule has 0 atom stereocenters. The van der Waals surface area contributed by atoms with Crippen LogP contribution in [-0.4, -0.2) is 32.5 Å². The summed E-state index contributed by atoms with van der Waals surface area (Å²) < 4.78 is 1.97. The van der Waals surface area contributed by atoms with E-state index in [1.165, 1.54) is 37.4 Å². The fraction of sp³-hybridized carbons (Fsp3) is 0.667. The van der Waals surface area contributed by atoms with Crippen LogP contribution in [-0.2, 0) is 11.3 Å². The molecule has 0 aromatic carbocycles. The van der Waals surface area contributed by atoms with Gasteiger partial charge < -0.3 is 9.88 Å². The monoisotopic (exact) mass is 308 g/mol. The van der Waals surface area contributed by atoms with E-state index in [1.807, 2.05) is 17.6 Å². The zero-order valence-electron chi connectivity index (χ0n) is 12.7. The minimum atomic E-state index is 0.0951. The molecule has 1 saturated carbocycles. The Morgan fingerprint density at radius 2 is 2.10 bits per heavy atom. The Labute approximate surface area is 130 Å². The van der Waals surface area contributed by atoms with E-state index in [2.05, 4.69) is 22.1 Å². The van der Waals surface area contributed by atoms with Crippen LogP contribution >= 0.6 is 11.8 Å². The van der Waals surface area contributed by atoms with Crippen molar-refractivity contribution >= 4 is 17.7 Å². The van der Waals surface area contributed by atoms with Crippen molar-refractivity contribution in [1.29, 1.82) is 0 Å². The smallest absolute Gasteiger partial charge is 0.230 e. The first kappa shape index (κ1) is 16.1. The first-order chi connectivity index (χ1) is 10.2. The van der Waals surface area contributed by atoms with E-state index in [-0.39, 0.29) is 5.91 Å². The molecule has 1 aromatic rings. The summed E-state index contributed by atoms with van der Waals surface area (Å²) in [5.41, 5.74) is 0. The Bertz CT molecular complexity index is 478. The zero-order chi connectivity index (χ0) is 15.1. The van der Waals surface area contributed by atoms with Gasteiger partial charge in [-0.1, -0.05) is 43.5 Å². The average molecular weight is 308 g/mol. The van der Waals surface area contributed by atoms with Gasteiger partial charge in [0.2, 0.25) is 5.91 Å². The van der Waals surface area contributed by atoms with Crippen LogP contribution in [0.2, 0.25) is 0 Å². The van der Waals surface area contributed by atoms with Gasteiger partial charge in [-0.05, 0) is 19.8 Å². The van der Waals surface area contributed by atoms with Crippen LogP contribution < -0.4 is 5.32 Å². The van der Waals surface area contributed by atoms with Gasteiger partial charge in [-0.2, -0.15) is 0 Å². The molecule has 2 rings (SSSR count). The topological polar surface area (TPSA) is 59.8 Å². The summed E-state index contributed by atoms with van der Waals surface area (Å²) in [7, 11) is 0. The van der Waals surface area contributed by atoms with Crippen LogP contribution in [0, 0.1) is 6.92 Å². The van der Waals surface area contributed by atoms with Crippen LogP contribution in [0.3, 0.4) is 0 Å². The van der Waals surface area contributed by atoms with Crippen molar-refractivity contribution in [2.24, 2.45) is 0 Å². The van der Waals surface area contributed by atoms with Crippen molar-refractivity contribution in [2.75, 3.05) is 5.75 Å². The lowest BCUT2D eigenvalue weighted by Crippen LogP contribution is -2.35. The lowest BCUT2D eigenvalue weighted by atomic mass is 10.1. The third kappa shape index (κ3) is 4.88. The second-order valence-electron chi connectivity index (χ2n) is 5.47. The third-order valence-corrected chi connectivity index (χ3v) is 4.73. The molecule has 0 unspecified atom stereocenters. The van der Waals surface area contributed by atoms with Crippen LogP contribution in [0.25, 0.3) is 0 Å². The molecule has 0 radical (unpaired) electrons. The SMILES string of the molecule is C=CCn1c(C)nnc1SCC(=O)NC1CCCCCC1. The molecule has 1 aliphatic rings. The van der Waals surface area contributed by atoms with Gasteiger partial charge in [-0.15, -0.1) is 16.8 Å². The largest absolute Gasteiger partial charge is 0.353 e. The molecule has 116 valence electrons. The summed E-state index contributed by atoms with van der Waals surface area (Å²) in [5, 5.41) is 12.1. The summed E-state index contributed by atoms with van der Waals surface area (Å²) >= 11 is 1.44. The predicted octanol–water partition coefficient (Wildman–Crippen LogP) is 2.70. The number of aryl methyl sites for hydroxylation is 1. The standard InChI is InChI=1S/C15H24N4OS/c1-3-10-19-12(2)17-18-15(19)21-11-14(20)16-13-8-6-4-5-7-9-13/h3,13H,1,4-11H2,2H3,(H,16,20). The van der Waals surface area contributed by atoms with E-state index in [0.29, 0.717) is 18.3 Å². The van der Waals surface area contributed by atoms with Crippen molar-refractivity contribution < 1.29 is 4.79 Å². The molecule has 1 N–H and O–H groups in total. The molecule has 0 spiro atoms. The van der Waals surface area contributed by atoms with Crippen LogP contribution in [0.5, 0.6) is 0 Å². The quantitative estimate of drug-likeness (QED) is 0.499. The lowest BCUT2D eigenvalue weighted by Gasteiger charge is -2.15. The van der Waals surface area contributed by atoms with E-state index < -0.39 is 0 Å². The molecule has 1 amide bonds. The normalized spacial score (nSPS) is 16.4. The van der Waals surface area contributed by atoms with Gasteiger partial charge in [0.1, 0.15) is 5.82 Å². The minimum absolute atomic E-state index is 0.0951. The number of carbonyl (C=O) groups excluding carboxylic acids is 1. The fourth-order valence-electron chi connectivity index (χ4n) is 2.63. The number of allylic oxidation sites excluding steroid dienone is 1. The number of rotatable bonds is 6. The summed E-state index contributed by atoms with van der Waals surface area (Å²) in [4.78, 5) is 12.1. The van der Waals surface area contributed by atoms with Crippen LogP contribution in [0.1, 0.15) is 44.3 Å². The number of hydrogen-bond donors (Lipinski definition) is 1. The molecular formula is C15H24N4OS. The van der Waals surface area contributed by atoms with Crippen LogP contribution in [0.15, 0.2) is 17.8 Å². The number of aromatic nitrogens is 3. The maximum absolute atomic E-state index is 12.1. The van der Waals surface area contributed by atoms with Gasteiger partial charge in [0, 0.05) is 12.6 Å². The van der Waals surface area contributed by atoms with Gasteiger partial charge in [0.15, 0.2) is 5.16 Å². The number of nitrogens with zero attached hydrogens (tertiary/aromatic N) is 3. The second-order valence-corrected chi connectivity index (χ2v) is 6.42. The number of thioether (sulfide) groups is 1. The average Bonchev–Trinajstić information content (AvgIpc) is 2.67. The molecule has 5 nitrogen and oxygen atoms in total. The van der Waals surface area contributed by atoms with Crippen molar-refractivity contribution in [3.8, 4) is 0 Å². The zero-order valence-corrected chi connectivity index (χ0v) is 13.5. The fourth-order valence-corrected chi connectivity index (χ4v) is 3.44. The molecule has 1 aliphatic carbocycles. The molecule has 1 aromatic heterocycles. The minimum Gasteiger partial charge on any atom is -0.353 e. The van der Waals surface area contributed by atoms with Gasteiger partial charge >= 0.3 is 0 Å². The first-order valence-electron chi connectivity index (χ1n) is 7.63.